The first-order chi connectivity index (χ1) is 10.0. The molecular weight excluding hydrogens is 399 g/mol. The molecule has 0 N–H and O–H groups in total. The second-order valence-corrected chi connectivity index (χ2v) is 60.9. The van der Waals surface area contributed by atoms with Crippen molar-refractivity contribution >= 4 is 49.2 Å². The molecule has 0 saturated carbocycles. The topological polar surface area (TPSA) is 0 Å². The second kappa shape index (κ2) is 5.50. The molecule has 0 atom stereocenters. The van der Waals surface area contributed by atoms with Crippen LogP contribution in [0.25, 0.3) is 0 Å². The van der Waals surface area contributed by atoms with Crippen molar-refractivity contribution in [2.24, 2.45) is 0 Å². The van der Waals surface area contributed by atoms with Crippen LogP contribution in [0.5, 0.6) is 0 Å². The van der Waals surface area contributed by atoms with Crippen LogP contribution < -0.4 is 0 Å². The lowest BCUT2D eigenvalue weighted by Crippen LogP contribution is -3.09. The van der Waals surface area contributed by atoms with Gasteiger partial charge in [-0.3, -0.25) is 0 Å². The number of rotatable bonds is 0. The van der Waals surface area contributed by atoms with E-state index in [0.29, 0.717) is 0 Å². The molecule has 144 valence electrons. The summed E-state index contributed by atoms with van der Waals surface area (Å²) in [6, 6.07) is 0. The van der Waals surface area contributed by atoms with Crippen LogP contribution in [-0.2, 0) is 0 Å². The largest absolute Gasteiger partial charge is 0.224 e. The summed E-state index contributed by atoms with van der Waals surface area (Å²) in [5, 5.41) is 1.07. The third-order valence-electron chi connectivity index (χ3n) is 7.32. The molecule has 1 aliphatic heterocycles. The standard InChI is InChI=1S/C18H42Cl2Si4/c1-15(2,3)22(16(4,5)6)21(13,14)23(17(7,8)9,18(10,11)12)24(22,19)20/h1-14H3. The lowest BCUT2D eigenvalue weighted by Gasteiger charge is -2.85. The van der Waals surface area contributed by atoms with Gasteiger partial charge in [0.05, 0.1) is 14.2 Å². The number of halogens is 2. The van der Waals surface area contributed by atoms with E-state index in [2.05, 4.69) is 96.2 Å². The fourth-order valence-electron chi connectivity index (χ4n) is 9.17. The number of hydrogen-bond acceptors (Lipinski definition) is 0. The van der Waals surface area contributed by atoms with E-state index in [1.165, 1.54) is 0 Å². The molecule has 1 saturated heterocycles. The van der Waals surface area contributed by atoms with Gasteiger partial charge in [-0.15, -0.1) is 0 Å². The van der Waals surface area contributed by atoms with Gasteiger partial charge in [0.15, 0.2) is 0 Å². The van der Waals surface area contributed by atoms with Crippen molar-refractivity contribution in [1.82, 2.24) is 0 Å². The van der Waals surface area contributed by atoms with Crippen LogP contribution in [0.1, 0.15) is 83.1 Å². The molecule has 0 aromatic carbocycles. The summed E-state index contributed by atoms with van der Waals surface area (Å²) in [5.74, 6) is 0. The van der Waals surface area contributed by atoms with Crippen LogP contribution in [0, 0.1) is 0 Å². The predicted octanol–water partition coefficient (Wildman–Crippen LogP) is 8.04. The third kappa shape index (κ3) is 2.19. The van der Waals surface area contributed by atoms with E-state index in [0.717, 1.165) is 0 Å². The van der Waals surface area contributed by atoms with Crippen molar-refractivity contribution in [1.29, 1.82) is 0 Å². The third-order valence-corrected chi connectivity index (χ3v) is 113. The van der Waals surface area contributed by atoms with Gasteiger partial charge in [-0.25, -0.2) is 0 Å². The highest BCUT2D eigenvalue weighted by Gasteiger charge is 2.96. The Morgan fingerprint density at radius 2 is 0.625 bits per heavy atom. The molecule has 24 heavy (non-hydrogen) atoms. The van der Waals surface area contributed by atoms with E-state index >= 15 is 0 Å². The first-order valence-corrected chi connectivity index (χ1v) is 24.4. The van der Waals surface area contributed by atoms with Crippen molar-refractivity contribution in [2.75, 3.05) is 0 Å². The van der Waals surface area contributed by atoms with Crippen molar-refractivity contribution < 1.29 is 0 Å². The Balaban J connectivity index is 4.09. The van der Waals surface area contributed by atoms with E-state index in [-0.39, 0.29) is 20.2 Å². The monoisotopic (exact) mass is 440 g/mol. The van der Waals surface area contributed by atoms with E-state index in [4.69, 9.17) is 22.2 Å². The van der Waals surface area contributed by atoms with Gasteiger partial charge < -0.3 is 0 Å². The molecule has 1 rings (SSSR count). The van der Waals surface area contributed by atoms with Crippen molar-refractivity contribution in [3.05, 3.63) is 0 Å². The Hall–Kier alpha value is 1.45. The van der Waals surface area contributed by atoms with E-state index in [9.17, 15) is 0 Å². The normalized spacial score (nSPS) is 26.0. The maximum atomic E-state index is 7.84. The lowest BCUT2D eigenvalue weighted by atomic mass is 10.2. The zero-order chi connectivity index (χ0) is 20.0. The Labute approximate surface area is 165 Å². The zero-order valence-corrected chi connectivity index (χ0v) is 24.3. The highest BCUT2D eigenvalue weighted by atomic mass is 35.7. The quantitative estimate of drug-likeness (QED) is 0.263. The molecule has 1 heterocycles. The average Bonchev–Trinajstić information content (AvgIpc) is 2.01. The summed E-state index contributed by atoms with van der Waals surface area (Å²) >= 11 is 15.7. The summed E-state index contributed by atoms with van der Waals surface area (Å²) < 4.78 is 0. The second-order valence-electron chi connectivity index (χ2n) is 12.7. The molecule has 1 fully saturated rings. The van der Waals surface area contributed by atoms with Crippen LogP contribution in [0.3, 0.4) is 0 Å². The van der Waals surface area contributed by atoms with Crippen LogP contribution in [0.4, 0.5) is 0 Å². The lowest BCUT2D eigenvalue weighted by molar-refractivity contribution is 0.626. The predicted molar refractivity (Wildman–Crippen MR) is 125 cm³/mol. The van der Waals surface area contributed by atoms with Gasteiger partial charge >= 0.3 is 0 Å². The van der Waals surface area contributed by atoms with Gasteiger partial charge in [-0.2, -0.15) is 22.2 Å². The van der Waals surface area contributed by atoms with Crippen LogP contribution in [0.2, 0.25) is 33.2 Å². The van der Waals surface area contributed by atoms with Crippen molar-refractivity contribution in [2.45, 2.75) is 116 Å². The van der Waals surface area contributed by atoms with Crippen LogP contribution >= 0.6 is 22.2 Å². The smallest absolute Gasteiger partial charge is 0.154 e. The fraction of sp³-hybridized carbons (Fsp3) is 1.00. The van der Waals surface area contributed by atoms with Gasteiger partial charge in [-0.1, -0.05) is 96.2 Å². The van der Waals surface area contributed by atoms with Gasteiger partial charge in [0.1, 0.15) is 0 Å². The summed E-state index contributed by atoms with van der Waals surface area (Å²) in [5.41, 5.74) is -2.40. The molecule has 1 aliphatic rings. The Kier molecular flexibility index (Phi) is 5.38. The first kappa shape index (κ1) is 23.5. The summed E-state index contributed by atoms with van der Waals surface area (Å²) in [6.45, 7) is 35.0. The van der Waals surface area contributed by atoms with E-state index in [1.54, 1.807) is 0 Å². The Bertz CT molecular complexity index is 419. The maximum Gasteiger partial charge on any atom is 0.224 e. The van der Waals surface area contributed by atoms with Gasteiger partial charge in [0, 0.05) is 7.11 Å². The summed E-state index contributed by atoms with van der Waals surface area (Å²) in [6.07, 6.45) is 0. The molecule has 0 aromatic rings. The molecule has 0 aliphatic carbocycles. The average molecular weight is 442 g/mol. The van der Waals surface area contributed by atoms with Gasteiger partial charge in [-0.05, 0) is 20.2 Å². The van der Waals surface area contributed by atoms with Crippen LogP contribution in [0.15, 0.2) is 0 Å². The highest BCUT2D eigenvalue weighted by Crippen LogP contribution is 2.79. The number of hydrogen-bond donors (Lipinski definition) is 0. The molecule has 0 bridgehead atoms. The maximum absolute atomic E-state index is 7.84. The molecule has 6 heteroatoms. The fourth-order valence-corrected chi connectivity index (χ4v) is 211. The van der Waals surface area contributed by atoms with Crippen LogP contribution in [-0.4, -0.2) is 27.1 Å². The Morgan fingerprint density at radius 3 is 0.708 bits per heavy atom. The Morgan fingerprint density at radius 1 is 0.458 bits per heavy atom. The molecule has 0 spiro atoms. The zero-order valence-electron chi connectivity index (χ0n) is 18.8. The molecule has 0 nitrogen and oxygen atoms in total. The highest BCUT2D eigenvalue weighted by molar-refractivity contribution is 8.27. The molecule has 0 aromatic heterocycles. The molecule has 0 amide bonds. The summed E-state index contributed by atoms with van der Waals surface area (Å²) in [7, 11) is -5.38. The molecular formula is C18H42Cl2Si4. The van der Waals surface area contributed by atoms with Crippen molar-refractivity contribution in [3.8, 4) is 0 Å². The van der Waals surface area contributed by atoms with Crippen molar-refractivity contribution in [3.63, 3.8) is 0 Å². The minimum atomic E-state index is -2.40. The van der Waals surface area contributed by atoms with E-state index < -0.39 is 27.1 Å². The molecule has 0 radical (unpaired) electrons. The minimum absolute atomic E-state index is 0.268. The van der Waals surface area contributed by atoms with E-state index in [1.807, 2.05) is 0 Å². The minimum Gasteiger partial charge on any atom is -0.154 e. The molecule has 0 unspecified atom stereocenters. The van der Waals surface area contributed by atoms with Gasteiger partial charge in [0.2, 0.25) is 5.73 Å². The van der Waals surface area contributed by atoms with Gasteiger partial charge in [0.25, 0.3) is 0 Å². The first-order valence-electron chi connectivity index (χ1n) is 9.38. The summed E-state index contributed by atoms with van der Waals surface area (Å²) in [4.78, 5) is 0. The SMILES string of the molecule is CC(C)(C)[Si]1(C(C)(C)C)[Si](C)(C)[Si](C(C)(C)C)(C(C)(C)C)[Si]1(Cl)Cl.